The molecule has 4 rings (SSSR count). The third-order valence-corrected chi connectivity index (χ3v) is 6.67. The Kier molecular flexibility index (Phi) is 8.17. The molecule has 2 saturated heterocycles. The van der Waals surface area contributed by atoms with E-state index in [4.69, 9.17) is 4.74 Å². The number of ether oxygens (including phenoxy) is 1. The number of hydrogen-bond donors (Lipinski definition) is 1. The van der Waals surface area contributed by atoms with Gasteiger partial charge in [0.25, 0.3) is 0 Å². The minimum atomic E-state index is -0.164. The zero-order valence-electron chi connectivity index (χ0n) is 19.5. The molecule has 7 nitrogen and oxygen atoms in total. The molecule has 0 bridgehead atoms. The molecule has 0 saturated carbocycles. The summed E-state index contributed by atoms with van der Waals surface area (Å²) in [5.41, 5.74) is 0.798. The van der Waals surface area contributed by atoms with E-state index in [1.54, 1.807) is 4.90 Å². The fraction of sp³-hybridized carbons (Fsp3) is 0.444. The summed E-state index contributed by atoms with van der Waals surface area (Å²) < 4.78 is 5.65. The van der Waals surface area contributed by atoms with E-state index in [-0.39, 0.29) is 29.6 Å². The van der Waals surface area contributed by atoms with Crippen molar-refractivity contribution in [1.82, 2.24) is 9.80 Å². The maximum absolute atomic E-state index is 13.2. The predicted octanol–water partition coefficient (Wildman–Crippen LogP) is 3.57. The minimum Gasteiger partial charge on any atom is -0.493 e. The predicted molar refractivity (Wildman–Crippen MR) is 130 cm³/mol. The lowest BCUT2D eigenvalue weighted by molar-refractivity contribution is -0.143. The summed E-state index contributed by atoms with van der Waals surface area (Å²) in [6.07, 6.45) is 3.26. The number of para-hydroxylation sites is 2. The van der Waals surface area contributed by atoms with Crippen LogP contribution >= 0.6 is 0 Å². The van der Waals surface area contributed by atoms with Gasteiger partial charge in [0, 0.05) is 37.8 Å². The van der Waals surface area contributed by atoms with Crippen LogP contribution in [0.15, 0.2) is 60.7 Å². The van der Waals surface area contributed by atoms with Gasteiger partial charge in [0.05, 0.1) is 18.9 Å². The van der Waals surface area contributed by atoms with E-state index in [1.165, 1.54) is 0 Å². The molecule has 2 heterocycles. The standard InChI is InChI=1S/C27H33N3O4/c31-25(15-19-34-24-11-5-2-6-12-24)30-16-7-8-22(20-30)27(33)29-17-13-21(14-18-29)26(32)28-23-9-3-1-4-10-23/h1-6,9-12,21-22H,7-8,13-20H2,(H,28,32). The molecule has 0 spiro atoms. The highest BCUT2D eigenvalue weighted by Crippen LogP contribution is 2.24. The van der Waals surface area contributed by atoms with Gasteiger partial charge in [-0.2, -0.15) is 0 Å². The van der Waals surface area contributed by atoms with Gasteiger partial charge in [-0.1, -0.05) is 36.4 Å². The average molecular weight is 464 g/mol. The molecule has 1 atom stereocenters. The summed E-state index contributed by atoms with van der Waals surface area (Å²) in [6.45, 7) is 2.66. The molecule has 7 heteroatoms. The number of piperidine rings is 2. The van der Waals surface area contributed by atoms with Gasteiger partial charge in [0.15, 0.2) is 0 Å². The van der Waals surface area contributed by atoms with Crippen LogP contribution in [0.5, 0.6) is 5.75 Å². The van der Waals surface area contributed by atoms with Crippen LogP contribution in [-0.2, 0) is 14.4 Å². The van der Waals surface area contributed by atoms with Crippen LogP contribution in [0, 0.1) is 11.8 Å². The van der Waals surface area contributed by atoms with Crippen molar-refractivity contribution in [3.05, 3.63) is 60.7 Å². The van der Waals surface area contributed by atoms with Crippen LogP contribution in [-0.4, -0.2) is 60.3 Å². The van der Waals surface area contributed by atoms with Crippen LogP contribution in [0.25, 0.3) is 0 Å². The van der Waals surface area contributed by atoms with Crippen molar-refractivity contribution in [3.63, 3.8) is 0 Å². The fourth-order valence-electron chi connectivity index (χ4n) is 4.72. The molecular weight excluding hydrogens is 430 g/mol. The first kappa shape index (κ1) is 23.8. The Morgan fingerprint density at radius 1 is 0.824 bits per heavy atom. The Labute approximate surface area is 201 Å². The van der Waals surface area contributed by atoms with Crippen LogP contribution in [0.2, 0.25) is 0 Å². The normalized spacial score (nSPS) is 18.9. The third-order valence-electron chi connectivity index (χ3n) is 6.67. The van der Waals surface area contributed by atoms with E-state index < -0.39 is 0 Å². The van der Waals surface area contributed by atoms with Crippen LogP contribution < -0.4 is 10.1 Å². The second-order valence-corrected chi connectivity index (χ2v) is 9.05. The first-order valence-corrected chi connectivity index (χ1v) is 12.2. The van der Waals surface area contributed by atoms with Crippen LogP contribution in [0.4, 0.5) is 5.69 Å². The van der Waals surface area contributed by atoms with Crippen molar-refractivity contribution in [1.29, 1.82) is 0 Å². The lowest BCUT2D eigenvalue weighted by atomic mass is 9.92. The zero-order valence-corrected chi connectivity index (χ0v) is 19.5. The van der Waals surface area contributed by atoms with Crippen molar-refractivity contribution >= 4 is 23.4 Å². The maximum atomic E-state index is 13.2. The quantitative estimate of drug-likeness (QED) is 0.681. The average Bonchev–Trinajstić information content (AvgIpc) is 2.89. The highest BCUT2D eigenvalue weighted by Gasteiger charge is 2.34. The molecule has 2 fully saturated rings. The zero-order chi connectivity index (χ0) is 23.8. The van der Waals surface area contributed by atoms with Gasteiger partial charge in [-0.05, 0) is 49.9 Å². The van der Waals surface area contributed by atoms with E-state index >= 15 is 0 Å². The van der Waals surface area contributed by atoms with Gasteiger partial charge in [0.1, 0.15) is 5.75 Å². The summed E-state index contributed by atoms with van der Waals surface area (Å²) in [5, 5.41) is 2.97. The Bertz CT molecular complexity index is 958. The van der Waals surface area contributed by atoms with Gasteiger partial charge in [0.2, 0.25) is 17.7 Å². The van der Waals surface area contributed by atoms with E-state index in [0.717, 1.165) is 24.3 Å². The molecule has 180 valence electrons. The van der Waals surface area contributed by atoms with Gasteiger partial charge in [-0.3, -0.25) is 14.4 Å². The SMILES string of the molecule is O=C(Nc1ccccc1)C1CCN(C(=O)C2CCCN(C(=O)CCOc3ccccc3)C2)CC1. The molecule has 2 aromatic carbocycles. The van der Waals surface area contributed by atoms with Gasteiger partial charge in [-0.15, -0.1) is 0 Å². The van der Waals surface area contributed by atoms with Gasteiger partial charge >= 0.3 is 0 Å². The molecule has 0 aromatic heterocycles. The number of likely N-dealkylation sites (tertiary alicyclic amines) is 2. The number of carbonyl (C=O) groups excluding carboxylic acids is 3. The molecule has 1 N–H and O–H groups in total. The van der Waals surface area contributed by atoms with Crippen molar-refractivity contribution in [2.45, 2.75) is 32.1 Å². The Balaban J connectivity index is 1.21. The second-order valence-electron chi connectivity index (χ2n) is 9.05. The Morgan fingerprint density at radius 2 is 1.50 bits per heavy atom. The van der Waals surface area contributed by atoms with Crippen molar-refractivity contribution in [2.24, 2.45) is 11.8 Å². The van der Waals surface area contributed by atoms with E-state index in [2.05, 4.69) is 5.32 Å². The molecule has 3 amide bonds. The summed E-state index contributed by atoms with van der Waals surface area (Å²) in [5.74, 6) is 0.665. The monoisotopic (exact) mass is 463 g/mol. The number of nitrogens with zero attached hydrogens (tertiary/aromatic N) is 2. The van der Waals surface area contributed by atoms with E-state index in [1.807, 2.05) is 65.6 Å². The number of carbonyl (C=O) groups is 3. The van der Waals surface area contributed by atoms with E-state index in [9.17, 15) is 14.4 Å². The first-order chi connectivity index (χ1) is 16.6. The number of rotatable bonds is 7. The Hall–Kier alpha value is -3.35. The lowest BCUT2D eigenvalue weighted by Crippen LogP contribution is -2.49. The first-order valence-electron chi connectivity index (χ1n) is 12.2. The van der Waals surface area contributed by atoms with Crippen LogP contribution in [0.1, 0.15) is 32.1 Å². The van der Waals surface area contributed by atoms with Gasteiger partial charge in [-0.25, -0.2) is 0 Å². The summed E-state index contributed by atoms with van der Waals surface area (Å²) in [7, 11) is 0. The van der Waals surface area contributed by atoms with Crippen molar-refractivity contribution < 1.29 is 19.1 Å². The van der Waals surface area contributed by atoms with Crippen molar-refractivity contribution in [2.75, 3.05) is 38.1 Å². The molecule has 1 unspecified atom stereocenters. The lowest BCUT2D eigenvalue weighted by Gasteiger charge is -2.37. The number of nitrogens with one attached hydrogen (secondary N) is 1. The number of benzene rings is 2. The summed E-state index contributed by atoms with van der Waals surface area (Å²) >= 11 is 0. The molecular formula is C27H33N3O4. The van der Waals surface area contributed by atoms with E-state index in [0.29, 0.717) is 52.0 Å². The molecule has 34 heavy (non-hydrogen) atoms. The second kappa shape index (κ2) is 11.7. The van der Waals surface area contributed by atoms with Gasteiger partial charge < -0.3 is 19.9 Å². The highest BCUT2D eigenvalue weighted by atomic mass is 16.5. The highest BCUT2D eigenvalue weighted by molar-refractivity contribution is 5.92. The summed E-state index contributed by atoms with van der Waals surface area (Å²) in [6, 6.07) is 18.9. The summed E-state index contributed by atoms with van der Waals surface area (Å²) in [4.78, 5) is 42.1. The molecule has 2 aromatic rings. The third kappa shape index (κ3) is 6.37. The number of hydrogen-bond acceptors (Lipinski definition) is 4. The Morgan fingerprint density at radius 3 is 2.21 bits per heavy atom. The minimum absolute atomic E-state index is 0.0189. The topological polar surface area (TPSA) is 79.0 Å². The number of amides is 3. The largest absolute Gasteiger partial charge is 0.493 e. The number of anilines is 1. The molecule has 2 aliphatic heterocycles. The molecule has 0 aliphatic carbocycles. The van der Waals surface area contributed by atoms with Crippen LogP contribution in [0.3, 0.4) is 0 Å². The fourth-order valence-corrected chi connectivity index (χ4v) is 4.72. The maximum Gasteiger partial charge on any atom is 0.227 e. The molecule has 2 aliphatic rings. The van der Waals surface area contributed by atoms with Crippen molar-refractivity contribution in [3.8, 4) is 5.75 Å². The molecule has 0 radical (unpaired) electrons. The smallest absolute Gasteiger partial charge is 0.227 e.